The van der Waals surface area contributed by atoms with E-state index in [4.69, 9.17) is 16.3 Å². The molecule has 1 saturated heterocycles. The third kappa shape index (κ3) is 4.20. The minimum absolute atomic E-state index is 0.0872. The number of benzene rings is 1. The summed E-state index contributed by atoms with van der Waals surface area (Å²) in [5.74, 6) is -0.443. The van der Waals surface area contributed by atoms with E-state index < -0.39 is 28.5 Å². The number of anilines is 3. The Morgan fingerprint density at radius 3 is 2.62 bits per heavy atom. The minimum atomic E-state index is -3.49. The van der Waals surface area contributed by atoms with Gasteiger partial charge in [0.25, 0.3) is 6.43 Å². The summed E-state index contributed by atoms with van der Waals surface area (Å²) in [6, 6.07) is 8.37. The van der Waals surface area contributed by atoms with Crippen molar-refractivity contribution in [3.05, 3.63) is 41.3 Å². The molecule has 2 fully saturated rings. The average Bonchev–Trinajstić information content (AvgIpc) is 3.61. The Balaban J connectivity index is 1.60. The van der Waals surface area contributed by atoms with Crippen LogP contribution >= 0.6 is 11.6 Å². The molecule has 1 aliphatic heterocycles. The molecule has 0 spiro atoms. The molecule has 1 aliphatic carbocycles. The summed E-state index contributed by atoms with van der Waals surface area (Å²) in [7, 11) is -1.99. The van der Waals surface area contributed by atoms with Crippen LogP contribution in [0, 0.1) is 0 Å². The number of rotatable bonds is 7. The first-order valence-corrected chi connectivity index (χ1v) is 13.0. The van der Waals surface area contributed by atoms with E-state index in [1.807, 2.05) is 0 Å². The number of halogens is 3. The maximum Gasteiger partial charge on any atom is 0.295 e. The summed E-state index contributed by atoms with van der Waals surface area (Å²) < 4.78 is 61.9. The smallest absolute Gasteiger partial charge is 0.295 e. The second kappa shape index (κ2) is 8.94. The van der Waals surface area contributed by atoms with Crippen LogP contribution in [-0.4, -0.2) is 41.9 Å². The first-order chi connectivity index (χ1) is 16.3. The maximum absolute atomic E-state index is 14.0. The molecule has 3 aromatic rings. The number of nitrogens with one attached hydrogen (secondary N) is 1. The molecular formula is C22H24ClF2N5O3S. The van der Waals surface area contributed by atoms with Crippen LogP contribution in [0.25, 0.3) is 11.2 Å². The molecule has 12 heteroatoms. The topological polar surface area (TPSA) is 89.3 Å². The minimum Gasteiger partial charge on any atom is -0.358 e. The predicted octanol–water partition coefficient (Wildman–Crippen LogP) is 5.39. The van der Waals surface area contributed by atoms with Gasteiger partial charge < -0.3 is 10.1 Å². The molecule has 0 amide bonds. The highest BCUT2D eigenvalue weighted by molar-refractivity contribution is 7.93. The Labute approximate surface area is 200 Å². The van der Waals surface area contributed by atoms with Crippen LogP contribution in [0.15, 0.2) is 30.3 Å². The Morgan fingerprint density at radius 1 is 1.18 bits per heavy atom. The van der Waals surface area contributed by atoms with Crippen molar-refractivity contribution in [2.75, 3.05) is 23.3 Å². The van der Waals surface area contributed by atoms with Crippen molar-refractivity contribution >= 4 is 49.9 Å². The summed E-state index contributed by atoms with van der Waals surface area (Å²) in [6.45, 7) is 0.466. The standard InChI is InChI=1S/C22H24ClF2N5O3S/c1-29(34(31,32)13-9-10-13)16-7-3-2-6-14(16)26-15-12-17(23)27-21-19(15)28-22(20(24)25)30(21)18-8-4-5-11-33-18/h2-3,6-7,12-13,18,20H,4-5,8-11H2,1H3,(H,26,27). The first-order valence-electron chi connectivity index (χ1n) is 11.1. The van der Waals surface area contributed by atoms with Crippen LogP contribution in [0.3, 0.4) is 0 Å². The maximum atomic E-state index is 14.0. The number of pyridine rings is 1. The first kappa shape index (κ1) is 23.3. The van der Waals surface area contributed by atoms with Crippen LogP contribution in [0.5, 0.6) is 0 Å². The van der Waals surface area contributed by atoms with E-state index in [1.165, 1.54) is 22.0 Å². The molecule has 1 saturated carbocycles. The van der Waals surface area contributed by atoms with Gasteiger partial charge in [-0.25, -0.2) is 27.2 Å². The van der Waals surface area contributed by atoms with Crippen LogP contribution in [0.2, 0.25) is 5.15 Å². The fourth-order valence-corrected chi connectivity index (χ4v) is 6.04. The van der Waals surface area contributed by atoms with Crippen molar-refractivity contribution in [1.29, 1.82) is 0 Å². The van der Waals surface area contributed by atoms with Gasteiger partial charge in [-0.2, -0.15) is 0 Å². The normalized spacial score (nSPS) is 19.0. The van der Waals surface area contributed by atoms with Crippen molar-refractivity contribution in [3.63, 3.8) is 0 Å². The number of aromatic nitrogens is 3. The number of imidazole rings is 1. The lowest BCUT2D eigenvalue weighted by Gasteiger charge is -2.25. The summed E-state index contributed by atoms with van der Waals surface area (Å²) >= 11 is 6.29. The van der Waals surface area contributed by atoms with Crippen molar-refractivity contribution in [1.82, 2.24) is 14.5 Å². The van der Waals surface area contributed by atoms with Gasteiger partial charge in [-0.3, -0.25) is 8.87 Å². The summed E-state index contributed by atoms with van der Waals surface area (Å²) in [5.41, 5.74) is 1.64. The molecule has 2 aromatic heterocycles. The van der Waals surface area contributed by atoms with Crippen molar-refractivity contribution < 1.29 is 21.9 Å². The number of sulfonamides is 1. The lowest BCUT2D eigenvalue weighted by atomic mass is 10.2. The highest BCUT2D eigenvalue weighted by Gasteiger charge is 2.39. The third-order valence-corrected chi connectivity index (χ3v) is 8.59. The number of hydrogen-bond donors (Lipinski definition) is 1. The van der Waals surface area contributed by atoms with E-state index in [-0.39, 0.29) is 21.6 Å². The molecule has 1 atom stereocenters. The summed E-state index contributed by atoms with van der Waals surface area (Å²) in [4.78, 5) is 8.49. The molecule has 5 rings (SSSR count). The number of hydrogen-bond acceptors (Lipinski definition) is 6. The van der Waals surface area contributed by atoms with Gasteiger partial charge in [0.05, 0.1) is 22.3 Å². The van der Waals surface area contributed by atoms with E-state index in [0.29, 0.717) is 42.9 Å². The third-order valence-electron chi connectivity index (χ3n) is 6.12. The Hall–Kier alpha value is -2.50. The number of alkyl halides is 2. The lowest BCUT2D eigenvalue weighted by Crippen LogP contribution is -2.30. The Bertz CT molecular complexity index is 1320. The van der Waals surface area contributed by atoms with E-state index in [9.17, 15) is 17.2 Å². The highest BCUT2D eigenvalue weighted by atomic mass is 35.5. The molecule has 0 radical (unpaired) electrons. The molecule has 1 aromatic carbocycles. The van der Waals surface area contributed by atoms with Crippen LogP contribution in [-0.2, 0) is 14.8 Å². The SMILES string of the molecule is CN(c1ccccc1Nc1cc(Cl)nc2c1nc(C(F)F)n2C1CCCCO1)S(=O)(=O)C1CC1. The largest absolute Gasteiger partial charge is 0.358 e. The zero-order valence-electron chi connectivity index (χ0n) is 18.4. The second-order valence-electron chi connectivity index (χ2n) is 8.48. The molecule has 34 heavy (non-hydrogen) atoms. The van der Waals surface area contributed by atoms with Gasteiger partial charge in [-0.15, -0.1) is 0 Å². The molecule has 1 unspecified atom stereocenters. The zero-order valence-corrected chi connectivity index (χ0v) is 20.0. The fourth-order valence-electron chi connectivity index (χ4n) is 4.24. The zero-order chi connectivity index (χ0) is 24.0. The molecule has 1 N–H and O–H groups in total. The quantitative estimate of drug-likeness (QED) is 0.428. The fraction of sp³-hybridized carbons (Fsp3) is 0.455. The number of ether oxygens (including phenoxy) is 1. The molecule has 182 valence electrons. The molecule has 8 nitrogen and oxygen atoms in total. The highest BCUT2D eigenvalue weighted by Crippen LogP contribution is 2.39. The Kier molecular flexibility index (Phi) is 6.11. The van der Waals surface area contributed by atoms with E-state index in [0.717, 1.165) is 12.8 Å². The summed E-state index contributed by atoms with van der Waals surface area (Å²) in [6.07, 6.45) is 0.0992. The van der Waals surface area contributed by atoms with E-state index >= 15 is 0 Å². The van der Waals surface area contributed by atoms with Gasteiger partial charge in [0.1, 0.15) is 16.9 Å². The van der Waals surface area contributed by atoms with E-state index in [2.05, 4.69) is 15.3 Å². The van der Waals surface area contributed by atoms with Gasteiger partial charge in [-0.05, 0) is 44.2 Å². The van der Waals surface area contributed by atoms with Crippen LogP contribution in [0.1, 0.15) is 50.6 Å². The molecule has 3 heterocycles. The van der Waals surface area contributed by atoms with Crippen molar-refractivity contribution in [2.45, 2.75) is 50.0 Å². The Morgan fingerprint density at radius 2 is 1.94 bits per heavy atom. The molecular weight excluding hydrogens is 488 g/mol. The van der Waals surface area contributed by atoms with Crippen molar-refractivity contribution in [2.24, 2.45) is 0 Å². The second-order valence-corrected chi connectivity index (χ2v) is 11.1. The van der Waals surface area contributed by atoms with Gasteiger partial charge in [0.2, 0.25) is 10.0 Å². The lowest BCUT2D eigenvalue weighted by molar-refractivity contribution is -0.0363. The van der Waals surface area contributed by atoms with E-state index in [1.54, 1.807) is 24.3 Å². The number of fused-ring (bicyclic) bond motifs is 1. The molecule has 0 bridgehead atoms. The molecule has 2 aliphatic rings. The van der Waals surface area contributed by atoms with Gasteiger partial charge in [0, 0.05) is 19.7 Å². The number of para-hydroxylation sites is 2. The van der Waals surface area contributed by atoms with Crippen LogP contribution < -0.4 is 9.62 Å². The monoisotopic (exact) mass is 511 g/mol. The van der Waals surface area contributed by atoms with Gasteiger partial charge in [0.15, 0.2) is 11.5 Å². The predicted molar refractivity (Wildman–Crippen MR) is 126 cm³/mol. The average molecular weight is 512 g/mol. The van der Waals surface area contributed by atoms with Crippen LogP contribution in [0.4, 0.5) is 25.8 Å². The van der Waals surface area contributed by atoms with Crippen molar-refractivity contribution in [3.8, 4) is 0 Å². The van der Waals surface area contributed by atoms with Gasteiger partial charge >= 0.3 is 0 Å². The van der Waals surface area contributed by atoms with Gasteiger partial charge in [-0.1, -0.05) is 23.7 Å². The summed E-state index contributed by atoms with van der Waals surface area (Å²) in [5, 5.41) is 2.86. The number of nitrogens with zero attached hydrogens (tertiary/aromatic N) is 4.